The van der Waals surface area contributed by atoms with Crippen molar-refractivity contribution in [2.45, 2.75) is 79.8 Å². The zero-order valence-electron chi connectivity index (χ0n) is 23.9. The molecule has 0 aliphatic heterocycles. The van der Waals surface area contributed by atoms with Gasteiger partial charge in [0.15, 0.2) is 11.5 Å². The number of para-hydroxylation sites is 1. The number of methoxy groups -OCH3 is 1. The molecule has 1 fully saturated rings. The molecule has 0 bridgehead atoms. The molecule has 204 valence electrons. The van der Waals surface area contributed by atoms with Gasteiger partial charge in [0.1, 0.15) is 5.82 Å². The van der Waals surface area contributed by atoms with Crippen molar-refractivity contribution < 1.29 is 14.3 Å². The number of carbonyl (C=O) groups is 2. The van der Waals surface area contributed by atoms with Crippen LogP contribution in [0.3, 0.4) is 0 Å². The summed E-state index contributed by atoms with van der Waals surface area (Å²) < 4.78 is 5.73. The quantitative estimate of drug-likeness (QED) is 0.197. The standard InChI is InChI=1S/C25H33N5O3.C5H8/c1-14(2)27-16(5)18-8-7-9-20(24(18)33-6)29-21-12-22(30-25(32)28-15(3)4)26-13-19(21)23(31)17-10-11-17;1-3-5-4-2/h7-9,12-15,17H,10-11H2,1-6H3,(H3,26,28,29,30,32);3H2,1-2H3. The Bertz CT molecular complexity index is 1200. The van der Waals surface area contributed by atoms with Crippen molar-refractivity contribution in [3.05, 3.63) is 41.6 Å². The van der Waals surface area contributed by atoms with Gasteiger partial charge in [0.2, 0.25) is 0 Å². The molecule has 1 aromatic carbocycles. The maximum Gasteiger partial charge on any atom is 0.320 e. The van der Waals surface area contributed by atoms with Gasteiger partial charge in [0, 0.05) is 48.0 Å². The molecule has 0 atom stereocenters. The van der Waals surface area contributed by atoms with Gasteiger partial charge in [-0.05, 0) is 66.5 Å². The summed E-state index contributed by atoms with van der Waals surface area (Å²) in [5.74, 6) is 6.69. The number of aromatic nitrogens is 1. The minimum Gasteiger partial charge on any atom is -0.494 e. The van der Waals surface area contributed by atoms with Crippen LogP contribution in [0.1, 0.15) is 83.7 Å². The molecule has 3 N–H and O–H groups in total. The fraction of sp³-hybridized carbons (Fsp3) is 0.467. The number of benzene rings is 1. The minimum absolute atomic E-state index is 0.0129. The highest BCUT2D eigenvalue weighted by Crippen LogP contribution is 2.37. The van der Waals surface area contributed by atoms with E-state index in [1.54, 1.807) is 13.2 Å². The van der Waals surface area contributed by atoms with Crippen molar-refractivity contribution in [2.75, 3.05) is 17.7 Å². The van der Waals surface area contributed by atoms with Crippen LogP contribution < -0.4 is 20.7 Å². The number of ether oxygens (including phenoxy) is 1. The molecule has 8 heteroatoms. The first-order valence-corrected chi connectivity index (χ1v) is 13.1. The number of Topliss-reactive ketones (excluding diaryl/α,β-unsaturated/α-hetero) is 1. The molecule has 8 nitrogen and oxygen atoms in total. The lowest BCUT2D eigenvalue weighted by Crippen LogP contribution is -2.34. The summed E-state index contributed by atoms with van der Waals surface area (Å²) in [4.78, 5) is 34.0. The molecule has 3 rings (SSSR count). The maximum atomic E-state index is 12.9. The topological polar surface area (TPSA) is 105 Å². The first-order valence-electron chi connectivity index (χ1n) is 13.1. The molecule has 0 radical (unpaired) electrons. The molecule has 0 saturated heterocycles. The smallest absolute Gasteiger partial charge is 0.320 e. The third-order valence-corrected chi connectivity index (χ3v) is 5.46. The number of hydrogen-bond donors (Lipinski definition) is 3. The minimum atomic E-state index is -0.357. The molecule has 2 aromatic rings. The van der Waals surface area contributed by atoms with E-state index in [0.29, 0.717) is 28.5 Å². The van der Waals surface area contributed by atoms with Crippen LogP contribution in [0.2, 0.25) is 0 Å². The second kappa shape index (κ2) is 14.8. The third-order valence-electron chi connectivity index (χ3n) is 5.46. The van der Waals surface area contributed by atoms with Gasteiger partial charge in [-0.1, -0.05) is 13.0 Å². The van der Waals surface area contributed by atoms with Crippen LogP contribution in [0.5, 0.6) is 5.75 Å². The van der Waals surface area contributed by atoms with Crippen LogP contribution in [0, 0.1) is 17.8 Å². The largest absolute Gasteiger partial charge is 0.494 e. The molecule has 2 amide bonds. The Morgan fingerprint density at radius 3 is 2.39 bits per heavy atom. The van der Waals surface area contributed by atoms with Crippen LogP contribution in [0.15, 0.2) is 35.5 Å². The molecule has 1 aromatic heterocycles. The van der Waals surface area contributed by atoms with E-state index in [-0.39, 0.29) is 29.8 Å². The zero-order chi connectivity index (χ0) is 28.2. The Morgan fingerprint density at radius 2 is 1.87 bits per heavy atom. The zero-order valence-corrected chi connectivity index (χ0v) is 23.9. The number of aliphatic imine (C=N–C) groups is 1. The summed E-state index contributed by atoms with van der Waals surface area (Å²) in [5.41, 5.74) is 3.49. The van der Waals surface area contributed by atoms with Crippen molar-refractivity contribution in [3.63, 3.8) is 0 Å². The predicted octanol–water partition coefficient (Wildman–Crippen LogP) is 6.59. The number of nitrogens with zero attached hydrogens (tertiary/aromatic N) is 2. The Morgan fingerprint density at radius 1 is 1.16 bits per heavy atom. The Kier molecular flexibility index (Phi) is 11.8. The first kappa shape index (κ1) is 30.4. The van der Waals surface area contributed by atoms with Crippen molar-refractivity contribution >= 4 is 34.7 Å². The van der Waals surface area contributed by atoms with Crippen LogP contribution in [0.4, 0.5) is 22.0 Å². The Labute approximate surface area is 227 Å². The van der Waals surface area contributed by atoms with Crippen molar-refractivity contribution in [1.29, 1.82) is 0 Å². The highest BCUT2D eigenvalue weighted by atomic mass is 16.5. The summed E-state index contributed by atoms with van der Waals surface area (Å²) in [5, 5.41) is 8.84. The molecule has 1 heterocycles. The molecular weight excluding hydrogens is 478 g/mol. The van der Waals surface area contributed by atoms with Gasteiger partial charge in [-0.25, -0.2) is 9.78 Å². The highest BCUT2D eigenvalue weighted by Gasteiger charge is 2.32. The van der Waals surface area contributed by atoms with E-state index in [0.717, 1.165) is 30.5 Å². The van der Waals surface area contributed by atoms with Gasteiger partial charge in [0.25, 0.3) is 0 Å². The van der Waals surface area contributed by atoms with Crippen molar-refractivity contribution in [3.8, 4) is 17.6 Å². The Hall–Kier alpha value is -3.86. The van der Waals surface area contributed by atoms with Crippen molar-refractivity contribution in [1.82, 2.24) is 10.3 Å². The van der Waals surface area contributed by atoms with E-state index in [1.807, 2.05) is 66.7 Å². The summed E-state index contributed by atoms with van der Waals surface area (Å²) >= 11 is 0. The fourth-order valence-corrected chi connectivity index (χ4v) is 3.72. The maximum absolute atomic E-state index is 12.9. The number of rotatable bonds is 9. The van der Waals surface area contributed by atoms with Crippen LogP contribution in [-0.4, -0.2) is 41.7 Å². The number of anilines is 3. The number of ketones is 1. The molecule has 1 saturated carbocycles. The lowest BCUT2D eigenvalue weighted by Gasteiger charge is -2.18. The average molecular weight is 520 g/mol. The van der Waals surface area contributed by atoms with Crippen LogP contribution in [-0.2, 0) is 0 Å². The van der Waals surface area contributed by atoms with Gasteiger partial charge in [0.05, 0.1) is 24.0 Å². The average Bonchev–Trinajstić information content (AvgIpc) is 3.69. The van der Waals surface area contributed by atoms with Crippen LogP contribution >= 0.6 is 0 Å². The molecule has 1 aliphatic rings. The van der Waals surface area contributed by atoms with Crippen LogP contribution in [0.25, 0.3) is 0 Å². The van der Waals surface area contributed by atoms with Gasteiger partial charge in [-0.15, -0.1) is 11.8 Å². The van der Waals surface area contributed by atoms with E-state index in [9.17, 15) is 9.59 Å². The van der Waals surface area contributed by atoms with E-state index < -0.39 is 0 Å². The second-order valence-corrected chi connectivity index (χ2v) is 9.61. The number of urea groups is 1. The summed E-state index contributed by atoms with van der Waals surface area (Å²) in [6.07, 6.45) is 4.28. The van der Waals surface area contributed by atoms with Gasteiger partial charge < -0.3 is 15.4 Å². The normalized spacial score (nSPS) is 12.6. The lowest BCUT2D eigenvalue weighted by molar-refractivity contribution is 0.0968. The summed E-state index contributed by atoms with van der Waals surface area (Å²) in [7, 11) is 1.61. The lowest BCUT2D eigenvalue weighted by atomic mass is 10.1. The fourth-order valence-electron chi connectivity index (χ4n) is 3.72. The van der Waals surface area contributed by atoms with E-state index in [1.165, 1.54) is 6.20 Å². The van der Waals surface area contributed by atoms with Crippen molar-refractivity contribution in [2.24, 2.45) is 10.9 Å². The first-order chi connectivity index (χ1) is 18.1. The second-order valence-electron chi connectivity index (χ2n) is 9.61. The summed E-state index contributed by atoms with van der Waals surface area (Å²) in [6.45, 7) is 13.6. The van der Waals surface area contributed by atoms with Gasteiger partial charge in [-0.2, -0.15) is 0 Å². The Balaban J connectivity index is 0.000000926. The summed E-state index contributed by atoms with van der Waals surface area (Å²) in [6, 6.07) is 7.22. The molecule has 38 heavy (non-hydrogen) atoms. The predicted molar refractivity (Wildman–Crippen MR) is 156 cm³/mol. The third kappa shape index (κ3) is 9.22. The number of hydrogen-bond acceptors (Lipinski definition) is 6. The van der Waals surface area contributed by atoms with Gasteiger partial charge in [-0.3, -0.25) is 15.1 Å². The molecule has 0 spiro atoms. The number of nitrogens with one attached hydrogen (secondary N) is 3. The number of carbonyl (C=O) groups excluding carboxylic acids is 2. The SMILES string of the molecule is CC#CCC.COc1c(Nc2cc(NC(=O)NC(C)C)ncc2C(=O)C2CC2)cccc1C(C)=NC(C)C. The molecular formula is C30H41N5O3. The number of pyridine rings is 1. The monoisotopic (exact) mass is 519 g/mol. The van der Waals surface area contributed by atoms with E-state index in [4.69, 9.17) is 4.74 Å². The number of amides is 2. The van der Waals surface area contributed by atoms with Gasteiger partial charge >= 0.3 is 6.03 Å². The van der Waals surface area contributed by atoms with E-state index >= 15 is 0 Å². The highest BCUT2D eigenvalue weighted by molar-refractivity contribution is 6.06. The molecule has 0 unspecified atom stereocenters. The molecule has 1 aliphatic carbocycles. The van der Waals surface area contributed by atoms with E-state index in [2.05, 4.69) is 37.8 Å².